The molecule has 0 radical (unpaired) electrons. The summed E-state index contributed by atoms with van der Waals surface area (Å²) in [6.45, 7) is 6.33. The summed E-state index contributed by atoms with van der Waals surface area (Å²) in [6, 6.07) is 2.02. The zero-order valence-electron chi connectivity index (χ0n) is 7.63. The second-order valence-corrected chi connectivity index (χ2v) is 3.19. The van der Waals surface area contributed by atoms with Crippen LogP contribution in [-0.4, -0.2) is 4.98 Å². The highest BCUT2D eigenvalue weighted by Gasteiger charge is 2.13. The zero-order chi connectivity index (χ0) is 8.43. The molecule has 0 N–H and O–H groups in total. The smallest absolute Gasteiger partial charge is 0.237 e. The number of hydrogen-bond acceptors (Lipinski definition) is 1. The predicted molar refractivity (Wildman–Crippen MR) is 44.2 cm³/mol. The van der Waals surface area contributed by atoms with E-state index in [-0.39, 0.29) is 0 Å². The number of hydrogen-bond donors (Lipinski definition) is 0. The predicted octanol–water partition coefficient (Wildman–Crippen LogP) is 1.34. The van der Waals surface area contributed by atoms with Crippen molar-refractivity contribution >= 4 is 0 Å². The van der Waals surface area contributed by atoms with Crippen LogP contribution in [0.25, 0.3) is 0 Å². The van der Waals surface area contributed by atoms with Crippen LogP contribution in [0.3, 0.4) is 0 Å². The van der Waals surface area contributed by atoms with Gasteiger partial charge in [-0.3, -0.25) is 0 Å². The highest BCUT2D eigenvalue weighted by atomic mass is 15.0. The van der Waals surface area contributed by atoms with E-state index in [0.29, 0.717) is 5.92 Å². The van der Waals surface area contributed by atoms with Crippen molar-refractivity contribution in [1.82, 2.24) is 4.98 Å². The molecular weight excluding hydrogens is 136 g/mol. The molecule has 0 aliphatic rings. The summed E-state index contributed by atoms with van der Waals surface area (Å²) < 4.78 is 2.07. The van der Waals surface area contributed by atoms with Gasteiger partial charge in [-0.15, -0.1) is 0 Å². The Bertz CT molecular complexity index is 254. The minimum absolute atomic E-state index is 0.500. The summed E-state index contributed by atoms with van der Waals surface area (Å²) in [5.74, 6) is 1.64. The molecule has 0 saturated carbocycles. The molecule has 0 atom stereocenters. The largest absolute Gasteiger partial charge is 0.300 e. The van der Waals surface area contributed by atoms with E-state index in [0.717, 1.165) is 11.5 Å². The van der Waals surface area contributed by atoms with Gasteiger partial charge in [-0.25, -0.2) is 4.57 Å². The first-order valence-corrected chi connectivity index (χ1v) is 3.94. The molecule has 1 aromatic rings. The van der Waals surface area contributed by atoms with E-state index in [1.54, 1.807) is 0 Å². The maximum absolute atomic E-state index is 4.44. The van der Waals surface area contributed by atoms with Gasteiger partial charge in [-0.1, -0.05) is 18.8 Å². The van der Waals surface area contributed by atoms with Crippen molar-refractivity contribution in [3.05, 3.63) is 23.8 Å². The van der Waals surface area contributed by atoms with Crippen molar-refractivity contribution < 1.29 is 4.57 Å². The molecule has 1 heterocycles. The molecule has 11 heavy (non-hydrogen) atoms. The van der Waals surface area contributed by atoms with Gasteiger partial charge in [-0.05, 0) is 0 Å². The van der Waals surface area contributed by atoms with Gasteiger partial charge in [0.2, 0.25) is 0 Å². The van der Waals surface area contributed by atoms with E-state index in [1.807, 2.05) is 20.0 Å². The summed E-state index contributed by atoms with van der Waals surface area (Å²) in [4.78, 5) is 4.44. The van der Waals surface area contributed by atoms with Crippen LogP contribution in [0.2, 0.25) is 0 Å². The van der Waals surface area contributed by atoms with Crippen molar-refractivity contribution in [2.75, 3.05) is 0 Å². The Morgan fingerprint density at radius 1 is 1.45 bits per heavy atom. The fraction of sp³-hybridized carbons (Fsp3) is 0.556. The molecule has 0 fully saturated rings. The van der Waals surface area contributed by atoms with Crippen LogP contribution < -0.4 is 4.57 Å². The summed E-state index contributed by atoms with van der Waals surface area (Å²) in [6.07, 6.45) is 2.05. The van der Waals surface area contributed by atoms with Crippen LogP contribution in [-0.2, 0) is 7.05 Å². The lowest BCUT2D eigenvalue weighted by Crippen LogP contribution is -2.35. The van der Waals surface area contributed by atoms with E-state index in [1.165, 1.54) is 0 Å². The zero-order valence-corrected chi connectivity index (χ0v) is 7.63. The molecule has 0 bridgehead atoms. The third-order valence-electron chi connectivity index (χ3n) is 1.71. The van der Waals surface area contributed by atoms with Crippen molar-refractivity contribution in [3.8, 4) is 0 Å². The lowest BCUT2D eigenvalue weighted by molar-refractivity contribution is -0.683. The molecule has 0 aromatic carbocycles. The summed E-state index contributed by atoms with van der Waals surface area (Å²) in [7, 11) is 2.03. The van der Waals surface area contributed by atoms with Gasteiger partial charge in [0.25, 0.3) is 0 Å². The number of aryl methyl sites for hydroxylation is 2. The third-order valence-corrected chi connectivity index (χ3v) is 1.71. The Hall–Kier alpha value is -0.920. The van der Waals surface area contributed by atoms with Crippen LogP contribution >= 0.6 is 0 Å². The summed E-state index contributed by atoms with van der Waals surface area (Å²) in [5.41, 5.74) is 1.09. The number of nitrogens with zero attached hydrogens (tertiary/aromatic N) is 2. The van der Waals surface area contributed by atoms with Gasteiger partial charge in [0.15, 0.2) is 5.69 Å². The van der Waals surface area contributed by atoms with Crippen LogP contribution in [0.4, 0.5) is 0 Å². The molecule has 0 amide bonds. The van der Waals surface area contributed by atoms with Crippen molar-refractivity contribution in [2.24, 2.45) is 7.05 Å². The van der Waals surface area contributed by atoms with Crippen LogP contribution in [0.5, 0.6) is 0 Å². The topological polar surface area (TPSA) is 16.8 Å². The maximum atomic E-state index is 4.44. The molecule has 60 valence electrons. The Kier molecular flexibility index (Phi) is 2.22. The molecule has 0 aliphatic carbocycles. The van der Waals surface area contributed by atoms with Gasteiger partial charge in [0, 0.05) is 13.0 Å². The highest BCUT2D eigenvalue weighted by molar-refractivity contribution is 4.96. The van der Waals surface area contributed by atoms with Crippen LogP contribution in [0.1, 0.15) is 31.3 Å². The Balaban J connectivity index is 3.13. The number of aromatic nitrogens is 2. The second-order valence-electron chi connectivity index (χ2n) is 3.19. The van der Waals surface area contributed by atoms with Gasteiger partial charge in [-0.2, -0.15) is 0 Å². The minimum atomic E-state index is 0.500. The van der Waals surface area contributed by atoms with Crippen molar-refractivity contribution in [2.45, 2.75) is 26.7 Å². The quantitative estimate of drug-likeness (QED) is 0.553. The normalized spacial score (nSPS) is 10.6. The number of rotatable bonds is 1. The molecule has 0 aliphatic heterocycles. The maximum Gasteiger partial charge on any atom is 0.300 e. The highest BCUT2D eigenvalue weighted by Crippen LogP contribution is 2.05. The molecule has 2 nitrogen and oxygen atoms in total. The Labute approximate surface area is 67.9 Å². The van der Waals surface area contributed by atoms with E-state index in [9.17, 15) is 0 Å². The third kappa shape index (κ3) is 1.76. The van der Waals surface area contributed by atoms with E-state index in [4.69, 9.17) is 0 Å². The SMILES string of the molecule is Cc1cc[n+](C)c(C(C)C)n1. The fourth-order valence-electron chi connectivity index (χ4n) is 1.13. The first kappa shape index (κ1) is 8.18. The molecular formula is C9H15N2+. The van der Waals surface area contributed by atoms with Crippen molar-refractivity contribution in [1.29, 1.82) is 0 Å². The van der Waals surface area contributed by atoms with Crippen LogP contribution in [0.15, 0.2) is 12.3 Å². The average Bonchev–Trinajstić information content (AvgIpc) is 1.94. The fourth-order valence-corrected chi connectivity index (χ4v) is 1.13. The monoisotopic (exact) mass is 151 g/mol. The van der Waals surface area contributed by atoms with E-state index >= 15 is 0 Å². The first-order valence-electron chi connectivity index (χ1n) is 3.94. The minimum Gasteiger partial charge on any atom is -0.237 e. The van der Waals surface area contributed by atoms with Crippen LogP contribution in [0, 0.1) is 6.92 Å². The first-order chi connectivity index (χ1) is 5.11. The second kappa shape index (κ2) is 2.99. The standard InChI is InChI=1S/C9H15N2/c1-7(2)9-10-8(3)5-6-11(9)4/h5-7H,1-4H3/q+1. The molecule has 0 saturated heterocycles. The Morgan fingerprint density at radius 2 is 2.09 bits per heavy atom. The van der Waals surface area contributed by atoms with Gasteiger partial charge >= 0.3 is 5.82 Å². The molecule has 1 rings (SSSR count). The lowest BCUT2D eigenvalue weighted by atomic mass is 10.2. The van der Waals surface area contributed by atoms with Gasteiger partial charge in [0.1, 0.15) is 0 Å². The van der Waals surface area contributed by atoms with E-state index < -0.39 is 0 Å². The summed E-state index contributed by atoms with van der Waals surface area (Å²) >= 11 is 0. The molecule has 0 unspecified atom stereocenters. The Morgan fingerprint density at radius 3 is 2.55 bits per heavy atom. The van der Waals surface area contributed by atoms with E-state index in [2.05, 4.69) is 29.6 Å². The van der Waals surface area contributed by atoms with Gasteiger partial charge in [0.05, 0.1) is 19.2 Å². The van der Waals surface area contributed by atoms with Gasteiger partial charge < -0.3 is 0 Å². The van der Waals surface area contributed by atoms with Crippen molar-refractivity contribution in [3.63, 3.8) is 0 Å². The average molecular weight is 151 g/mol. The lowest BCUT2D eigenvalue weighted by Gasteiger charge is -2.00. The summed E-state index contributed by atoms with van der Waals surface area (Å²) in [5, 5.41) is 0. The molecule has 0 spiro atoms. The molecule has 1 aromatic heterocycles. The molecule has 2 heteroatoms.